The van der Waals surface area contributed by atoms with Crippen LogP contribution in [-0.2, 0) is 0 Å². The van der Waals surface area contributed by atoms with Crippen LogP contribution in [0.2, 0.25) is 0 Å². The lowest BCUT2D eigenvalue weighted by molar-refractivity contribution is 1.07. The first kappa shape index (κ1) is 26.2. The first-order valence-electron chi connectivity index (χ1n) is 15.4. The van der Waals surface area contributed by atoms with Gasteiger partial charge in [0, 0.05) is 34.6 Å². The predicted octanol–water partition coefficient (Wildman–Crippen LogP) is 10.4. The van der Waals surface area contributed by atoms with Gasteiger partial charge in [0.25, 0.3) is 0 Å². The minimum absolute atomic E-state index is 0.624. The molecule has 0 N–H and O–H groups in total. The van der Waals surface area contributed by atoms with Crippen LogP contribution < -0.4 is 0 Å². The highest BCUT2D eigenvalue weighted by Crippen LogP contribution is 2.49. The number of rotatable bonds is 5. The molecule has 46 heavy (non-hydrogen) atoms. The van der Waals surface area contributed by atoms with Crippen LogP contribution in [-0.4, -0.2) is 19.9 Å². The Morgan fingerprint density at radius 1 is 0.304 bits per heavy atom. The monoisotopic (exact) mass is 586 g/mol. The second-order valence-electron chi connectivity index (χ2n) is 11.5. The van der Waals surface area contributed by atoms with E-state index in [1.54, 1.807) is 6.20 Å². The van der Waals surface area contributed by atoms with E-state index in [1.807, 2.05) is 54.7 Å². The fourth-order valence-electron chi connectivity index (χ4n) is 6.65. The summed E-state index contributed by atoms with van der Waals surface area (Å²) in [6.07, 6.45) is 3.66. The lowest BCUT2D eigenvalue weighted by atomic mass is 9.94. The molecule has 0 amide bonds. The van der Waals surface area contributed by atoms with Gasteiger partial charge in [-0.25, -0.2) is 15.0 Å². The smallest absolute Gasteiger partial charge is 0.164 e. The van der Waals surface area contributed by atoms with Crippen LogP contribution in [0.5, 0.6) is 0 Å². The Balaban J connectivity index is 1.16. The summed E-state index contributed by atoms with van der Waals surface area (Å²) in [5.74, 6) is 1.89. The molecule has 2 heterocycles. The number of fused-ring (bicyclic) bond motifs is 3. The third-order valence-corrected chi connectivity index (χ3v) is 8.81. The SMILES string of the molecule is c1ccc(-c2nc(-c3ccc(-c4ccc5c6c(cccc46)-c4ccccc4-5)cc3)nc(-c3ccccc3-c3cccnc3)n2)cc1. The van der Waals surface area contributed by atoms with E-state index in [2.05, 4.69) is 102 Å². The van der Waals surface area contributed by atoms with Gasteiger partial charge in [-0.15, -0.1) is 0 Å². The molecule has 0 spiro atoms. The quantitative estimate of drug-likeness (QED) is 0.201. The molecule has 1 aliphatic carbocycles. The van der Waals surface area contributed by atoms with Crippen molar-refractivity contribution in [3.8, 4) is 78.7 Å². The molecule has 0 atom stereocenters. The molecular weight excluding hydrogens is 560 g/mol. The summed E-state index contributed by atoms with van der Waals surface area (Å²) < 4.78 is 0. The molecular formula is C42H26N4. The Labute approximate surface area is 266 Å². The predicted molar refractivity (Wildman–Crippen MR) is 187 cm³/mol. The van der Waals surface area contributed by atoms with Gasteiger partial charge in [0.2, 0.25) is 0 Å². The van der Waals surface area contributed by atoms with Crippen molar-refractivity contribution in [3.05, 3.63) is 158 Å². The minimum Gasteiger partial charge on any atom is -0.264 e. The van der Waals surface area contributed by atoms with Gasteiger partial charge >= 0.3 is 0 Å². The molecule has 8 aromatic rings. The highest BCUT2D eigenvalue weighted by atomic mass is 15.0. The van der Waals surface area contributed by atoms with E-state index in [0.29, 0.717) is 17.5 Å². The third-order valence-electron chi connectivity index (χ3n) is 8.81. The number of nitrogens with zero attached hydrogens (tertiary/aromatic N) is 4. The maximum absolute atomic E-state index is 5.05. The molecule has 214 valence electrons. The number of aromatic nitrogens is 4. The Morgan fingerprint density at radius 3 is 1.57 bits per heavy atom. The first-order valence-corrected chi connectivity index (χ1v) is 15.4. The van der Waals surface area contributed by atoms with E-state index in [9.17, 15) is 0 Å². The van der Waals surface area contributed by atoms with Crippen molar-refractivity contribution in [2.75, 3.05) is 0 Å². The maximum Gasteiger partial charge on any atom is 0.164 e. The zero-order valence-corrected chi connectivity index (χ0v) is 24.8. The Kier molecular flexibility index (Phi) is 6.10. The van der Waals surface area contributed by atoms with Crippen molar-refractivity contribution in [1.82, 2.24) is 19.9 Å². The van der Waals surface area contributed by atoms with Gasteiger partial charge in [-0.2, -0.15) is 0 Å². The zero-order chi connectivity index (χ0) is 30.5. The minimum atomic E-state index is 0.624. The molecule has 4 nitrogen and oxygen atoms in total. The van der Waals surface area contributed by atoms with Crippen molar-refractivity contribution < 1.29 is 0 Å². The number of hydrogen-bond acceptors (Lipinski definition) is 4. The van der Waals surface area contributed by atoms with Gasteiger partial charge in [-0.05, 0) is 55.8 Å². The normalized spacial score (nSPS) is 11.5. The molecule has 4 heteroatoms. The summed E-state index contributed by atoms with van der Waals surface area (Å²) in [5.41, 5.74) is 12.4. The molecule has 2 aromatic heterocycles. The lowest BCUT2D eigenvalue weighted by Crippen LogP contribution is -2.01. The molecule has 6 aromatic carbocycles. The largest absolute Gasteiger partial charge is 0.264 e. The zero-order valence-electron chi connectivity index (χ0n) is 24.8. The van der Waals surface area contributed by atoms with Gasteiger partial charge in [0.05, 0.1) is 0 Å². The van der Waals surface area contributed by atoms with Crippen molar-refractivity contribution in [1.29, 1.82) is 0 Å². The van der Waals surface area contributed by atoms with Crippen LogP contribution >= 0.6 is 0 Å². The van der Waals surface area contributed by atoms with Gasteiger partial charge in [-0.1, -0.05) is 140 Å². The average molecular weight is 587 g/mol. The summed E-state index contributed by atoms with van der Waals surface area (Å²) in [6, 6.07) is 50.7. The molecule has 0 radical (unpaired) electrons. The van der Waals surface area contributed by atoms with Crippen molar-refractivity contribution >= 4 is 10.8 Å². The van der Waals surface area contributed by atoms with Crippen LogP contribution in [0, 0.1) is 0 Å². The highest BCUT2D eigenvalue weighted by molar-refractivity contribution is 6.18. The highest BCUT2D eigenvalue weighted by Gasteiger charge is 2.22. The molecule has 0 saturated carbocycles. The Bertz CT molecular complexity index is 2370. The number of pyridine rings is 1. The van der Waals surface area contributed by atoms with Gasteiger partial charge < -0.3 is 0 Å². The molecule has 0 bridgehead atoms. The van der Waals surface area contributed by atoms with E-state index in [1.165, 1.54) is 38.6 Å². The molecule has 0 fully saturated rings. The summed E-state index contributed by atoms with van der Waals surface area (Å²) in [5, 5.41) is 2.59. The third kappa shape index (κ3) is 4.31. The summed E-state index contributed by atoms with van der Waals surface area (Å²) in [7, 11) is 0. The van der Waals surface area contributed by atoms with Crippen molar-refractivity contribution in [2.45, 2.75) is 0 Å². The van der Waals surface area contributed by atoms with Gasteiger partial charge in [-0.3, -0.25) is 4.98 Å². The topological polar surface area (TPSA) is 51.6 Å². The molecule has 1 aliphatic rings. The van der Waals surface area contributed by atoms with Crippen LogP contribution in [0.15, 0.2) is 158 Å². The summed E-state index contributed by atoms with van der Waals surface area (Å²) >= 11 is 0. The van der Waals surface area contributed by atoms with E-state index < -0.39 is 0 Å². The standard InChI is InChI=1S/C42H26N4/c1-2-10-28(11-3-1)40-44-41(46-42(45-40)38-16-7-4-13-31(38)30-12-9-25-43-26-30)29-21-19-27(20-22-29)32-23-24-37-34-15-6-5-14-33(34)36-18-8-17-35(32)39(36)37/h1-26H. The van der Waals surface area contributed by atoms with E-state index in [0.717, 1.165) is 33.4 Å². The van der Waals surface area contributed by atoms with Crippen LogP contribution in [0.3, 0.4) is 0 Å². The van der Waals surface area contributed by atoms with Crippen molar-refractivity contribution in [3.63, 3.8) is 0 Å². The second-order valence-corrected chi connectivity index (χ2v) is 11.5. The van der Waals surface area contributed by atoms with E-state index in [4.69, 9.17) is 15.0 Å². The molecule has 0 unspecified atom stereocenters. The van der Waals surface area contributed by atoms with E-state index in [-0.39, 0.29) is 0 Å². The number of benzene rings is 6. The molecule has 9 rings (SSSR count). The second kappa shape index (κ2) is 10.7. The first-order chi connectivity index (χ1) is 22.8. The fraction of sp³-hybridized carbons (Fsp3) is 0. The lowest BCUT2D eigenvalue weighted by Gasteiger charge is -2.12. The Hall–Kier alpha value is -6.26. The molecule has 0 saturated heterocycles. The van der Waals surface area contributed by atoms with Crippen LogP contribution in [0.25, 0.3) is 89.4 Å². The summed E-state index contributed by atoms with van der Waals surface area (Å²) in [6.45, 7) is 0. The number of hydrogen-bond donors (Lipinski definition) is 0. The van der Waals surface area contributed by atoms with Crippen molar-refractivity contribution in [2.24, 2.45) is 0 Å². The van der Waals surface area contributed by atoms with Crippen LogP contribution in [0.4, 0.5) is 0 Å². The summed E-state index contributed by atoms with van der Waals surface area (Å²) in [4.78, 5) is 19.4. The van der Waals surface area contributed by atoms with Crippen LogP contribution in [0.1, 0.15) is 0 Å². The molecule has 0 aliphatic heterocycles. The van der Waals surface area contributed by atoms with Gasteiger partial charge in [0.1, 0.15) is 0 Å². The fourth-order valence-corrected chi connectivity index (χ4v) is 6.65. The Morgan fingerprint density at radius 2 is 0.848 bits per heavy atom. The maximum atomic E-state index is 5.05. The van der Waals surface area contributed by atoms with Gasteiger partial charge in [0.15, 0.2) is 17.5 Å². The average Bonchev–Trinajstić information content (AvgIpc) is 3.47. The van der Waals surface area contributed by atoms with E-state index >= 15 is 0 Å².